The number of hydrogen-bond donors (Lipinski definition) is 1. The van der Waals surface area contributed by atoms with E-state index < -0.39 is 35.8 Å². The lowest BCUT2D eigenvalue weighted by Crippen LogP contribution is -2.24. The maximum absolute atomic E-state index is 13.0. The molecule has 0 aliphatic rings. The number of nitro groups is 1. The molecular weight excluding hydrogens is 347 g/mol. The van der Waals surface area contributed by atoms with Crippen molar-refractivity contribution < 1.29 is 28.4 Å². The van der Waals surface area contributed by atoms with Crippen molar-refractivity contribution in [2.75, 3.05) is 18.5 Å². The summed E-state index contributed by atoms with van der Waals surface area (Å²) in [6, 6.07) is 9.53. The highest BCUT2D eigenvalue weighted by molar-refractivity contribution is 5.95. The van der Waals surface area contributed by atoms with Crippen molar-refractivity contribution in [2.24, 2.45) is 0 Å². The summed E-state index contributed by atoms with van der Waals surface area (Å²) < 4.78 is 22.7. The fraction of sp³-hybridized carbons (Fsp3) is 0.176. The predicted molar refractivity (Wildman–Crippen MR) is 89.3 cm³/mol. The smallest absolute Gasteiger partial charge is 0.344 e. The van der Waals surface area contributed by atoms with E-state index in [2.05, 4.69) is 5.32 Å². The third kappa shape index (κ3) is 5.26. The molecule has 0 spiro atoms. The molecule has 26 heavy (non-hydrogen) atoms. The lowest BCUT2D eigenvalue weighted by molar-refractivity contribution is -0.384. The molecule has 8 nitrogen and oxygen atoms in total. The van der Waals surface area contributed by atoms with Crippen LogP contribution in [0.15, 0.2) is 42.5 Å². The number of halogens is 1. The van der Waals surface area contributed by atoms with E-state index in [0.717, 1.165) is 6.07 Å². The van der Waals surface area contributed by atoms with Crippen molar-refractivity contribution in [3.05, 3.63) is 64.0 Å². The largest absolute Gasteiger partial charge is 0.482 e. The summed E-state index contributed by atoms with van der Waals surface area (Å²) >= 11 is 0. The van der Waals surface area contributed by atoms with E-state index in [1.165, 1.54) is 30.3 Å². The van der Waals surface area contributed by atoms with Crippen molar-refractivity contribution in [1.29, 1.82) is 0 Å². The molecule has 0 atom stereocenters. The van der Waals surface area contributed by atoms with E-state index in [1.807, 2.05) is 0 Å². The van der Waals surface area contributed by atoms with Gasteiger partial charge in [-0.2, -0.15) is 0 Å². The molecule has 1 N–H and O–H groups in total. The van der Waals surface area contributed by atoms with Crippen molar-refractivity contribution >= 4 is 23.3 Å². The summed E-state index contributed by atoms with van der Waals surface area (Å²) in [4.78, 5) is 33.8. The normalized spacial score (nSPS) is 10.1. The Morgan fingerprint density at radius 3 is 2.62 bits per heavy atom. The number of nitrogens with one attached hydrogen (secondary N) is 1. The standard InChI is InChI=1S/C17H15FN2O6/c1-11-4-2-7-14(20(23)24)17(11)19-15(21)9-26-16(22)10-25-13-6-3-5-12(18)8-13/h2-8H,9-10H2,1H3,(H,19,21). The molecule has 0 aliphatic carbocycles. The topological polar surface area (TPSA) is 108 Å². The molecule has 0 radical (unpaired) electrons. The molecular formula is C17H15FN2O6. The van der Waals surface area contributed by atoms with E-state index in [0.29, 0.717) is 5.56 Å². The number of hydrogen-bond acceptors (Lipinski definition) is 6. The van der Waals surface area contributed by atoms with Gasteiger partial charge in [0.25, 0.3) is 11.6 Å². The van der Waals surface area contributed by atoms with Gasteiger partial charge in [-0.15, -0.1) is 0 Å². The molecule has 0 fully saturated rings. The van der Waals surface area contributed by atoms with Crippen LogP contribution in [0.5, 0.6) is 5.75 Å². The van der Waals surface area contributed by atoms with E-state index >= 15 is 0 Å². The molecule has 0 saturated carbocycles. The second kappa shape index (κ2) is 8.56. The molecule has 9 heteroatoms. The number of para-hydroxylation sites is 1. The third-order valence-electron chi connectivity index (χ3n) is 3.23. The van der Waals surface area contributed by atoms with Crippen LogP contribution in [0.4, 0.5) is 15.8 Å². The Morgan fingerprint density at radius 1 is 1.19 bits per heavy atom. The van der Waals surface area contributed by atoms with Crippen LogP contribution in [0, 0.1) is 22.9 Å². The summed E-state index contributed by atoms with van der Waals surface area (Å²) in [6.07, 6.45) is 0. The molecule has 0 unspecified atom stereocenters. The van der Waals surface area contributed by atoms with Crippen molar-refractivity contribution in [3.63, 3.8) is 0 Å². The molecule has 136 valence electrons. The number of anilines is 1. The Morgan fingerprint density at radius 2 is 1.92 bits per heavy atom. The molecule has 0 heterocycles. The highest BCUT2D eigenvalue weighted by Crippen LogP contribution is 2.27. The molecule has 2 aromatic rings. The number of carbonyl (C=O) groups excluding carboxylic acids is 2. The summed E-state index contributed by atoms with van der Waals surface area (Å²) in [7, 11) is 0. The molecule has 1 amide bonds. The molecule has 0 aliphatic heterocycles. The van der Waals surface area contributed by atoms with Gasteiger partial charge in [0.05, 0.1) is 4.92 Å². The van der Waals surface area contributed by atoms with Crippen LogP contribution in [-0.2, 0) is 14.3 Å². The van der Waals surface area contributed by atoms with Gasteiger partial charge in [0, 0.05) is 12.1 Å². The van der Waals surface area contributed by atoms with Crippen molar-refractivity contribution in [1.82, 2.24) is 0 Å². The number of esters is 1. The molecule has 0 saturated heterocycles. The quantitative estimate of drug-likeness (QED) is 0.461. The van der Waals surface area contributed by atoms with Gasteiger partial charge in [0.1, 0.15) is 17.3 Å². The van der Waals surface area contributed by atoms with Crippen molar-refractivity contribution in [3.8, 4) is 5.75 Å². The lowest BCUT2D eigenvalue weighted by Gasteiger charge is -2.10. The minimum absolute atomic E-state index is 0.0366. The SMILES string of the molecule is Cc1cccc([N+](=O)[O-])c1NC(=O)COC(=O)COc1cccc(F)c1. The number of nitro benzene ring substituents is 1. The first-order chi connectivity index (χ1) is 12.4. The van der Waals surface area contributed by atoms with Crippen LogP contribution in [0.3, 0.4) is 0 Å². The van der Waals surface area contributed by atoms with Gasteiger partial charge in [-0.1, -0.05) is 18.2 Å². The maximum atomic E-state index is 13.0. The van der Waals surface area contributed by atoms with Gasteiger partial charge < -0.3 is 14.8 Å². The highest BCUT2D eigenvalue weighted by Gasteiger charge is 2.18. The first-order valence-electron chi connectivity index (χ1n) is 7.44. The van der Waals surface area contributed by atoms with Gasteiger partial charge in [0.2, 0.25) is 0 Å². The average molecular weight is 362 g/mol. The zero-order valence-electron chi connectivity index (χ0n) is 13.7. The Kier molecular flexibility index (Phi) is 6.20. The third-order valence-corrected chi connectivity index (χ3v) is 3.23. The minimum Gasteiger partial charge on any atom is -0.482 e. The highest BCUT2D eigenvalue weighted by atomic mass is 19.1. The van der Waals surface area contributed by atoms with Gasteiger partial charge in [0.15, 0.2) is 13.2 Å². The summed E-state index contributed by atoms with van der Waals surface area (Å²) in [5.41, 5.74) is 0.266. The molecule has 2 aromatic carbocycles. The zero-order valence-corrected chi connectivity index (χ0v) is 13.7. The van der Waals surface area contributed by atoms with Gasteiger partial charge in [-0.25, -0.2) is 9.18 Å². The van der Waals surface area contributed by atoms with E-state index in [4.69, 9.17) is 9.47 Å². The number of rotatable bonds is 7. The maximum Gasteiger partial charge on any atom is 0.344 e. The second-order valence-electron chi connectivity index (χ2n) is 5.18. The summed E-state index contributed by atoms with van der Waals surface area (Å²) in [5.74, 6) is -1.96. The average Bonchev–Trinajstić information content (AvgIpc) is 2.59. The van der Waals surface area contributed by atoms with Crippen molar-refractivity contribution in [2.45, 2.75) is 6.92 Å². The Hall–Kier alpha value is -3.49. The molecule has 0 aromatic heterocycles. The van der Waals surface area contributed by atoms with Gasteiger partial charge >= 0.3 is 5.97 Å². The van der Waals surface area contributed by atoms with Crippen LogP contribution >= 0.6 is 0 Å². The lowest BCUT2D eigenvalue weighted by atomic mass is 10.1. The summed E-state index contributed by atoms with van der Waals surface area (Å²) in [5, 5.41) is 13.3. The summed E-state index contributed by atoms with van der Waals surface area (Å²) in [6.45, 7) is 0.444. The van der Waals surface area contributed by atoms with Gasteiger partial charge in [-0.05, 0) is 24.6 Å². The number of aryl methyl sites for hydroxylation is 1. The van der Waals surface area contributed by atoms with Crippen LogP contribution in [-0.4, -0.2) is 30.0 Å². The monoisotopic (exact) mass is 362 g/mol. The minimum atomic E-state index is -0.844. The zero-order chi connectivity index (χ0) is 19.1. The Bertz CT molecular complexity index is 840. The van der Waals surface area contributed by atoms with Crippen LogP contribution in [0.25, 0.3) is 0 Å². The van der Waals surface area contributed by atoms with Crippen LogP contribution in [0.2, 0.25) is 0 Å². The number of benzene rings is 2. The van der Waals surface area contributed by atoms with Crippen LogP contribution in [0.1, 0.15) is 5.56 Å². The van der Waals surface area contributed by atoms with E-state index in [-0.39, 0.29) is 17.1 Å². The number of ether oxygens (including phenoxy) is 2. The Labute approximate surface area is 147 Å². The fourth-order valence-corrected chi connectivity index (χ4v) is 2.03. The first-order valence-corrected chi connectivity index (χ1v) is 7.44. The second-order valence-corrected chi connectivity index (χ2v) is 5.18. The Balaban J connectivity index is 1.85. The number of amides is 1. The fourth-order valence-electron chi connectivity index (χ4n) is 2.03. The number of nitrogens with zero attached hydrogens (tertiary/aromatic N) is 1. The molecule has 0 bridgehead atoms. The van der Waals surface area contributed by atoms with E-state index in [1.54, 1.807) is 13.0 Å². The predicted octanol–water partition coefficient (Wildman–Crippen LogP) is 2.60. The molecule has 2 rings (SSSR count). The van der Waals surface area contributed by atoms with Crippen LogP contribution < -0.4 is 10.1 Å². The van der Waals surface area contributed by atoms with Gasteiger partial charge in [-0.3, -0.25) is 14.9 Å². The first kappa shape index (κ1) is 18.8. The van der Waals surface area contributed by atoms with E-state index in [9.17, 15) is 24.1 Å². The number of carbonyl (C=O) groups is 2.